The summed E-state index contributed by atoms with van der Waals surface area (Å²) in [6.45, 7) is 0.449. The highest BCUT2D eigenvalue weighted by atomic mass is 35.5. The molecule has 2 fully saturated rings. The normalized spacial score (nSPS) is 23.1. The van der Waals surface area contributed by atoms with E-state index in [2.05, 4.69) is 5.32 Å². The highest BCUT2D eigenvalue weighted by Crippen LogP contribution is 2.59. The molecule has 0 aromatic heterocycles. The molecule has 3 aromatic carbocycles. The number of nitrogens with one attached hydrogen (secondary N) is 1. The standard InChI is InChI=1S/C31H26Cl2F4N4O3/c1-40(17-8-9-18(27(38)42)22(12-17)31(35,36)37)28(43)20-14-41(13-15-5-6-15)30(25(20)19-3-2-4-23(33)26(19)34)21-10-7-16(32)11-24(21)39-29(30)44/h2-4,7-12,15,20,25H,5-6,13-14H2,1H3,(H2,38,42)(H,39,44)/t20?,25-,30+/m0/s1. The number of carbonyl (C=O) groups excluding carboxylic acids is 3. The Morgan fingerprint density at radius 2 is 1.84 bits per heavy atom. The number of carbonyl (C=O) groups is 3. The molecule has 1 saturated carbocycles. The smallest absolute Gasteiger partial charge is 0.366 e. The van der Waals surface area contributed by atoms with Gasteiger partial charge in [0.25, 0.3) is 0 Å². The largest absolute Gasteiger partial charge is 0.417 e. The summed E-state index contributed by atoms with van der Waals surface area (Å²) in [6, 6.07) is 12.0. The number of alkyl halides is 3. The van der Waals surface area contributed by atoms with E-state index in [0.717, 1.165) is 23.8 Å². The van der Waals surface area contributed by atoms with Gasteiger partial charge in [-0.25, -0.2) is 4.39 Å². The van der Waals surface area contributed by atoms with Crippen molar-refractivity contribution in [1.82, 2.24) is 4.90 Å². The molecule has 1 aliphatic carbocycles. The maximum absolute atomic E-state index is 15.9. The van der Waals surface area contributed by atoms with Crippen molar-refractivity contribution in [1.29, 1.82) is 0 Å². The summed E-state index contributed by atoms with van der Waals surface area (Å²) in [6.07, 6.45) is -3.09. The molecule has 2 aliphatic heterocycles. The monoisotopic (exact) mass is 648 g/mol. The lowest BCUT2D eigenvalue weighted by Gasteiger charge is -2.38. The predicted molar refractivity (Wildman–Crippen MR) is 157 cm³/mol. The second-order valence-corrected chi connectivity index (χ2v) is 12.3. The van der Waals surface area contributed by atoms with Crippen LogP contribution in [0.2, 0.25) is 10.0 Å². The summed E-state index contributed by atoms with van der Waals surface area (Å²) in [4.78, 5) is 43.2. The van der Waals surface area contributed by atoms with Crippen LogP contribution in [0.15, 0.2) is 54.6 Å². The van der Waals surface area contributed by atoms with E-state index in [1.165, 1.54) is 31.3 Å². The fraction of sp³-hybridized carbons (Fsp3) is 0.323. The fourth-order valence-corrected chi connectivity index (χ4v) is 7.06. The molecule has 1 saturated heterocycles. The van der Waals surface area contributed by atoms with Crippen LogP contribution >= 0.6 is 23.2 Å². The predicted octanol–water partition coefficient (Wildman–Crippen LogP) is 6.19. The van der Waals surface area contributed by atoms with Gasteiger partial charge in [-0.05, 0) is 60.7 Å². The summed E-state index contributed by atoms with van der Waals surface area (Å²) in [5, 5.41) is 3.04. The molecule has 7 nitrogen and oxygen atoms in total. The number of rotatable bonds is 6. The molecule has 6 rings (SSSR count). The van der Waals surface area contributed by atoms with Crippen LogP contribution in [0.25, 0.3) is 0 Å². The minimum absolute atomic E-state index is 0.0112. The molecule has 3 amide bonds. The quantitative estimate of drug-likeness (QED) is 0.312. The summed E-state index contributed by atoms with van der Waals surface area (Å²) in [5.41, 5.74) is 2.41. The molecule has 1 spiro atoms. The number of hydrogen-bond donors (Lipinski definition) is 2. The Hall–Kier alpha value is -3.67. The minimum Gasteiger partial charge on any atom is -0.366 e. The summed E-state index contributed by atoms with van der Waals surface area (Å²) in [5.74, 6) is -5.15. The first kappa shape index (κ1) is 30.4. The Bertz CT molecular complexity index is 1710. The third-order valence-electron chi connectivity index (χ3n) is 8.86. The Labute approximate surface area is 259 Å². The maximum Gasteiger partial charge on any atom is 0.417 e. The number of primary amides is 1. The van der Waals surface area contributed by atoms with Gasteiger partial charge in [-0.1, -0.05) is 41.4 Å². The van der Waals surface area contributed by atoms with Gasteiger partial charge in [-0.2, -0.15) is 13.2 Å². The number of nitrogens with zero attached hydrogens (tertiary/aromatic N) is 2. The van der Waals surface area contributed by atoms with Crippen LogP contribution in [-0.2, 0) is 21.3 Å². The van der Waals surface area contributed by atoms with E-state index in [1.807, 2.05) is 4.90 Å². The highest BCUT2D eigenvalue weighted by Gasteiger charge is 2.65. The summed E-state index contributed by atoms with van der Waals surface area (Å²) in [7, 11) is 1.30. The van der Waals surface area contributed by atoms with Crippen LogP contribution in [0.4, 0.5) is 28.9 Å². The third kappa shape index (κ3) is 4.81. The van der Waals surface area contributed by atoms with Crippen LogP contribution in [0.3, 0.4) is 0 Å². The molecule has 3 N–H and O–H groups in total. The number of fused-ring (bicyclic) bond motifs is 2. The van der Waals surface area contributed by atoms with Crippen molar-refractivity contribution in [2.75, 3.05) is 30.4 Å². The molecule has 0 bridgehead atoms. The van der Waals surface area contributed by atoms with Crippen LogP contribution in [0.1, 0.15) is 45.8 Å². The van der Waals surface area contributed by atoms with Crippen molar-refractivity contribution in [2.24, 2.45) is 17.6 Å². The van der Waals surface area contributed by atoms with Gasteiger partial charge in [0.1, 0.15) is 11.4 Å². The maximum atomic E-state index is 15.9. The lowest BCUT2D eigenvalue weighted by atomic mass is 9.71. The van der Waals surface area contributed by atoms with Gasteiger partial charge in [0.2, 0.25) is 17.7 Å². The van der Waals surface area contributed by atoms with Crippen molar-refractivity contribution >= 4 is 52.3 Å². The van der Waals surface area contributed by atoms with Gasteiger partial charge in [0, 0.05) is 48.0 Å². The van der Waals surface area contributed by atoms with Crippen molar-refractivity contribution in [3.05, 3.63) is 92.7 Å². The van der Waals surface area contributed by atoms with Crippen molar-refractivity contribution < 1.29 is 31.9 Å². The van der Waals surface area contributed by atoms with Crippen LogP contribution in [0, 0.1) is 17.7 Å². The SMILES string of the molecule is CN(C(=O)C1CN(CC2CC2)[C@@]2(C(=O)Nc3cc(Cl)ccc32)[C@H]1c1cccc(Cl)c1F)c1ccc(C(N)=O)c(C(F)(F)F)c1. The zero-order valence-corrected chi connectivity index (χ0v) is 24.7. The van der Waals surface area contributed by atoms with Gasteiger partial charge in [-0.3, -0.25) is 19.3 Å². The summed E-state index contributed by atoms with van der Waals surface area (Å²) >= 11 is 12.5. The van der Waals surface area contributed by atoms with Crippen LogP contribution in [-0.4, -0.2) is 42.8 Å². The molecule has 2 heterocycles. The molecular formula is C31H26Cl2F4N4O3. The van der Waals surface area contributed by atoms with Gasteiger partial charge in [-0.15, -0.1) is 0 Å². The Morgan fingerprint density at radius 1 is 1.11 bits per heavy atom. The second kappa shape index (κ2) is 10.7. The van der Waals surface area contributed by atoms with E-state index in [0.29, 0.717) is 28.9 Å². The third-order valence-corrected chi connectivity index (χ3v) is 9.38. The van der Waals surface area contributed by atoms with Crippen molar-refractivity contribution in [3.63, 3.8) is 0 Å². The van der Waals surface area contributed by atoms with Crippen molar-refractivity contribution in [3.8, 4) is 0 Å². The molecule has 3 atom stereocenters. The molecule has 230 valence electrons. The van der Waals surface area contributed by atoms with Gasteiger partial charge < -0.3 is 16.0 Å². The lowest BCUT2D eigenvalue weighted by Crippen LogP contribution is -2.51. The average molecular weight is 649 g/mol. The van der Waals surface area contributed by atoms with E-state index in [4.69, 9.17) is 28.9 Å². The number of nitrogens with two attached hydrogens (primary N) is 1. The molecular weight excluding hydrogens is 623 g/mol. The number of amides is 3. The Balaban J connectivity index is 1.52. The van der Waals surface area contributed by atoms with E-state index in [-0.39, 0.29) is 28.7 Å². The Morgan fingerprint density at radius 3 is 2.50 bits per heavy atom. The zero-order valence-electron chi connectivity index (χ0n) is 23.2. The van der Waals surface area contributed by atoms with Gasteiger partial charge in [0.15, 0.2) is 0 Å². The molecule has 13 heteroatoms. The molecule has 0 radical (unpaired) electrons. The molecule has 3 aromatic rings. The molecule has 3 aliphatic rings. The van der Waals surface area contributed by atoms with E-state index < -0.39 is 58.2 Å². The first-order valence-corrected chi connectivity index (χ1v) is 14.6. The number of benzene rings is 3. The van der Waals surface area contributed by atoms with Gasteiger partial charge in [0.05, 0.1) is 22.1 Å². The van der Waals surface area contributed by atoms with Crippen molar-refractivity contribution in [2.45, 2.75) is 30.5 Å². The van der Waals surface area contributed by atoms with Crippen LogP contribution in [0.5, 0.6) is 0 Å². The second-order valence-electron chi connectivity index (χ2n) is 11.5. The minimum atomic E-state index is -4.93. The zero-order chi connectivity index (χ0) is 31.7. The number of halogens is 6. The Kier molecular flexibility index (Phi) is 7.41. The topological polar surface area (TPSA) is 95.7 Å². The molecule has 1 unspecified atom stereocenters. The lowest BCUT2D eigenvalue weighted by molar-refractivity contribution is -0.138. The van der Waals surface area contributed by atoms with E-state index in [1.54, 1.807) is 18.2 Å². The van der Waals surface area contributed by atoms with Crippen LogP contribution < -0.4 is 16.0 Å². The first-order valence-electron chi connectivity index (χ1n) is 13.8. The number of anilines is 2. The fourth-order valence-electron chi connectivity index (χ4n) is 6.71. The average Bonchev–Trinajstić information content (AvgIpc) is 3.66. The van der Waals surface area contributed by atoms with E-state index in [9.17, 15) is 27.6 Å². The number of likely N-dealkylation sites (tertiary alicyclic amines) is 1. The summed E-state index contributed by atoms with van der Waals surface area (Å²) < 4.78 is 57.6. The molecule has 44 heavy (non-hydrogen) atoms. The first-order chi connectivity index (χ1) is 20.7. The highest BCUT2D eigenvalue weighted by molar-refractivity contribution is 6.31. The number of hydrogen-bond acceptors (Lipinski definition) is 4. The van der Waals surface area contributed by atoms with E-state index >= 15 is 4.39 Å². The van der Waals surface area contributed by atoms with Gasteiger partial charge >= 0.3 is 6.18 Å².